The molecule has 0 aromatic heterocycles. The zero-order valence-electron chi connectivity index (χ0n) is 52.8. The number of para-hydroxylation sites is 2. The lowest BCUT2D eigenvalue weighted by atomic mass is 9.79. The van der Waals surface area contributed by atoms with Crippen molar-refractivity contribution in [2.45, 2.75) is 50.7 Å². The highest BCUT2D eigenvalue weighted by Gasteiger charge is 2.43. The van der Waals surface area contributed by atoms with Crippen LogP contribution in [0.4, 0.5) is 11.4 Å². The zero-order chi connectivity index (χ0) is 64.6. The van der Waals surface area contributed by atoms with E-state index >= 15 is 0 Å². The van der Waals surface area contributed by atoms with E-state index in [1.807, 2.05) is 172 Å². The number of methoxy groups -OCH3 is 4. The molecule has 0 N–H and O–H groups in total. The van der Waals surface area contributed by atoms with Crippen LogP contribution in [0.1, 0.15) is 43.0 Å². The Morgan fingerprint density at radius 1 is 0.359 bits per heavy atom. The summed E-state index contributed by atoms with van der Waals surface area (Å²) in [6.07, 6.45) is 7.60. The number of ether oxygens (including phenoxy) is 10. The van der Waals surface area contributed by atoms with E-state index in [1.54, 1.807) is 52.7 Å². The second-order valence-electron chi connectivity index (χ2n) is 22.5. The molecule has 0 bridgehead atoms. The van der Waals surface area contributed by atoms with Crippen molar-refractivity contribution in [1.82, 2.24) is 0 Å². The molecule has 8 aromatic carbocycles. The summed E-state index contributed by atoms with van der Waals surface area (Å²) < 4.78 is 61.1. The predicted molar refractivity (Wildman–Crippen MR) is 367 cm³/mol. The van der Waals surface area contributed by atoms with Crippen LogP contribution in [-0.2, 0) is 54.8 Å². The monoisotopic (exact) mass is 1370 g/mol. The van der Waals surface area contributed by atoms with Gasteiger partial charge in [-0.2, -0.15) is 0 Å². The number of carbonyl (C=O) groups is 2. The van der Waals surface area contributed by atoms with Gasteiger partial charge in [0.2, 0.25) is 0 Å². The molecule has 0 unspecified atom stereocenters. The molecule has 0 amide bonds. The summed E-state index contributed by atoms with van der Waals surface area (Å²) in [5, 5.41) is 0. The second kappa shape index (κ2) is 35.0. The van der Waals surface area contributed by atoms with Crippen molar-refractivity contribution in [1.29, 1.82) is 0 Å². The molecular weight excluding hydrogens is 1290 g/mol. The number of hydrogen-bond donors (Lipinski definition) is 0. The van der Waals surface area contributed by atoms with Gasteiger partial charge < -0.3 is 57.2 Å². The van der Waals surface area contributed by atoms with E-state index in [-0.39, 0.29) is 47.7 Å². The van der Waals surface area contributed by atoms with E-state index in [2.05, 4.69) is 90.2 Å². The van der Waals surface area contributed by atoms with Crippen LogP contribution < -0.4 is 28.7 Å². The topological polar surface area (TPSA) is 133 Å². The van der Waals surface area contributed by atoms with Crippen molar-refractivity contribution in [3.05, 3.63) is 273 Å². The summed E-state index contributed by atoms with van der Waals surface area (Å²) in [6.45, 7) is 3.33. The maximum atomic E-state index is 13.6. The van der Waals surface area contributed by atoms with E-state index in [4.69, 9.17) is 47.4 Å². The van der Waals surface area contributed by atoms with Gasteiger partial charge in [0.1, 0.15) is 35.2 Å². The largest absolute Gasteiger partial charge is 0.497 e. The van der Waals surface area contributed by atoms with E-state index in [0.717, 1.165) is 65.6 Å². The molecule has 16 heteroatoms. The molecule has 0 aliphatic heterocycles. The van der Waals surface area contributed by atoms with Crippen molar-refractivity contribution in [3.63, 3.8) is 0 Å². The molecule has 10 rings (SSSR count). The Balaban J connectivity index is 0.000000217. The van der Waals surface area contributed by atoms with Gasteiger partial charge in [-0.15, -0.1) is 0 Å². The van der Waals surface area contributed by atoms with Crippen molar-refractivity contribution < 1.29 is 57.0 Å². The molecule has 0 heterocycles. The Morgan fingerprint density at radius 3 is 0.924 bits per heavy atom. The quantitative estimate of drug-likeness (QED) is 0.0340. The molecule has 8 atom stereocenters. The number of rotatable bonds is 28. The highest BCUT2D eigenvalue weighted by Crippen LogP contribution is 2.37. The summed E-state index contributed by atoms with van der Waals surface area (Å²) in [5.41, 5.74) is 7.18. The van der Waals surface area contributed by atoms with Crippen LogP contribution in [-0.4, -0.2) is 105 Å². The molecule has 0 saturated heterocycles. The molecule has 0 radical (unpaired) electrons. The smallest absolute Gasteiger partial charge is 0.338 e. The average molecular weight is 1370 g/mol. The third-order valence-electron chi connectivity index (χ3n) is 16.5. The Labute approximate surface area is 557 Å². The van der Waals surface area contributed by atoms with Crippen molar-refractivity contribution in [2.24, 2.45) is 23.7 Å². The summed E-state index contributed by atoms with van der Waals surface area (Å²) in [6, 6.07) is 65.6. The molecule has 480 valence electrons. The maximum absolute atomic E-state index is 13.6. The molecule has 8 aromatic rings. The Hall–Kier alpha value is -8.22. The predicted octanol–water partition coefficient (Wildman–Crippen LogP) is 15.5. The van der Waals surface area contributed by atoms with Gasteiger partial charge in [-0.1, -0.05) is 141 Å². The number of halogens is 2. The summed E-state index contributed by atoms with van der Waals surface area (Å²) in [5.74, 6) is 1.95. The molecule has 0 fully saturated rings. The summed E-state index contributed by atoms with van der Waals surface area (Å²) >= 11 is 6.91. The SMILES string of the molecule is COc1ccc(COC[C@H]2[C@@H](OC(=O)c3ccc(Br)cc3)[C@H](N(C)c3ccccc3)C=C[C@H]2COCc2ccc(OC)cc2)cc1.COc1ccc(COC[C@H]2[C@@H](OC(=O)c3ccc(Br)cc3)[C@H](N(C)c3ccccc3)C=C[C@H]2COCc2ccc(OC)cc2)cc1. The van der Waals surface area contributed by atoms with Gasteiger partial charge in [0.05, 0.1) is 105 Å². The van der Waals surface area contributed by atoms with Crippen LogP contribution in [0.5, 0.6) is 23.0 Å². The van der Waals surface area contributed by atoms with Crippen LogP contribution in [0.15, 0.2) is 240 Å². The molecule has 92 heavy (non-hydrogen) atoms. The first-order valence-electron chi connectivity index (χ1n) is 30.6. The first kappa shape index (κ1) is 68.2. The van der Waals surface area contributed by atoms with E-state index < -0.39 is 12.2 Å². The van der Waals surface area contributed by atoms with Gasteiger partial charge >= 0.3 is 11.9 Å². The number of benzene rings is 8. The molecule has 2 aliphatic rings. The Kier molecular flexibility index (Phi) is 25.9. The van der Waals surface area contributed by atoms with Crippen LogP contribution in [0.2, 0.25) is 0 Å². The first-order valence-corrected chi connectivity index (χ1v) is 32.2. The standard InChI is InChI=1S/2C38H40BrNO6/c2*1-40(32-7-5-4-6-8-32)36-22-15-30(25-44-23-27-9-18-33(42-2)19-10-27)35(26-45-24-28-11-20-34(43-3)21-12-28)37(36)46-38(41)29-13-16-31(39)17-14-29/h2*4-22,30,35-37H,23-26H2,1-3H3/t2*30-,35+,36+,37+/m00/s1. The van der Waals surface area contributed by atoms with Crippen LogP contribution in [0.25, 0.3) is 0 Å². The fourth-order valence-electron chi connectivity index (χ4n) is 11.2. The van der Waals surface area contributed by atoms with E-state index in [0.29, 0.717) is 64.0 Å². The van der Waals surface area contributed by atoms with E-state index in [1.165, 1.54) is 0 Å². The lowest BCUT2D eigenvalue weighted by Crippen LogP contribution is -2.52. The van der Waals surface area contributed by atoms with Gasteiger partial charge in [0, 0.05) is 58.1 Å². The van der Waals surface area contributed by atoms with Gasteiger partial charge in [-0.05, 0) is 144 Å². The molecular formula is C76H80Br2N2O12. The number of nitrogens with zero attached hydrogens (tertiary/aromatic N) is 2. The fraction of sp³-hybridized carbons (Fsp3) is 0.289. The highest BCUT2D eigenvalue weighted by molar-refractivity contribution is 9.10. The average Bonchev–Trinajstić information content (AvgIpc) is 1.21. The van der Waals surface area contributed by atoms with Gasteiger partial charge in [0.15, 0.2) is 0 Å². The van der Waals surface area contributed by atoms with Crippen LogP contribution in [0.3, 0.4) is 0 Å². The minimum atomic E-state index is -0.517. The second-order valence-corrected chi connectivity index (χ2v) is 24.3. The third kappa shape index (κ3) is 19.4. The highest BCUT2D eigenvalue weighted by atomic mass is 79.9. The van der Waals surface area contributed by atoms with E-state index in [9.17, 15) is 9.59 Å². The van der Waals surface area contributed by atoms with Crippen LogP contribution in [0, 0.1) is 23.7 Å². The van der Waals surface area contributed by atoms with Crippen molar-refractivity contribution in [2.75, 3.05) is 78.8 Å². The molecule has 2 aliphatic carbocycles. The minimum absolute atomic E-state index is 0.0581. The lowest BCUT2D eigenvalue weighted by Gasteiger charge is -2.43. The van der Waals surface area contributed by atoms with Gasteiger partial charge in [0.25, 0.3) is 0 Å². The van der Waals surface area contributed by atoms with Crippen molar-refractivity contribution >= 4 is 55.2 Å². The van der Waals surface area contributed by atoms with Gasteiger partial charge in [-0.25, -0.2) is 9.59 Å². The zero-order valence-corrected chi connectivity index (χ0v) is 55.9. The first-order chi connectivity index (χ1) is 44.9. The summed E-state index contributed by atoms with van der Waals surface area (Å²) in [4.78, 5) is 31.5. The number of carbonyl (C=O) groups excluding carboxylic acids is 2. The lowest BCUT2D eigenvalue weighted by molar-refractivity contribution is -0.0458. The third-order valence-corrected chi connectivity index (χ3v) is 17.6. The normalized spacial score (nSPS) is 19.0. The molecule has 0 saturated carbocycles. The number of anilines is 2. The van der Waals surface area contributed by atoms with Crippen LogP contribution >= 0.6 is 31.9 Å². The number of likely N-dealkylation sites (N-methyl/N-ethyl adjacent to an activating group) is 2. The maximum Gasteiger partial charge on any atom is 0.338 e. The minimum Gasteiger partial charge on any atom is -0.497 e. The van der Waals surface area contributed by atoms with Crippen molar-refractivity contribution in [3.8, 4) is 23.0 Å². The summed E-state index contributed by atoms with van der Waals surface area (Å²) in [7, 11) is 10.7. The molecule has 14 nitrogen and oxygen atoms in total. The Morgan fingerprint density at radius 2 is 0.641 bits per heavy atom. The number of esters is 2. The Bertz CT molecular complexity index is 3320. The number of hydrogen-bond acceptors (Lipinski definition) is 14. The fourth-order valence-corrected chi connectivity index (χ4v) is 11.7. The molecule has 0 spiro atoms. The van der Waals surface area contributed by atoms with Gasteiger partial charge in [-0.3, -0.25) is 0 Å².